The van der Waals surface area contributed by atoms with E-state index in [2.05, 4.69) is 11.8 Å². The van der Waals surface area contributed by atoms with Crippen molar-refractivity contribution in [3.8, 4) is 0 Å². The monoisotopic (exact) mass is 272 g/mol. The fourth-order valence-electron chi connectivity index (χ4n) is 2.72. The van der Waals surface area contributed by atoms with E-state index in [1.165, 1.54) is 0 Å². The van der Waals surface area contributed by atoms with E-state index in [4.69, 9.17) is 15.6 Å². The first kappa shape index (κ1) is 16.4. The van der Waals surface area contributed by atoms with Crippen LogP contribution in [0.3, 0.4) is 0 Å². The number of likely N-dealkylation sites (tertiary alicyclic amines) is 1. The summed E-state index contributed by atoms with van der Waals surface area (Å²) in [6.45, 7) is 6.84. The van der Waals surface area contributed by atoms with E-state index in [1.807, 2.05) is 6.92 Å². The SMILES string of the molecule is CCC(N)(CCCN1CCCC(C)(OC)C1)C(=O)O. The van der Waals surface area contributed by atoms with Crippen molar-refractivity contribution < 1.29 is 14.6 Å². The number of hydrogen-bond acceptors (Lipinski definition) is 4. The molecule has 0 aromatic carbocycles. The van der Waals surface area contributed by atoms with Crippen LogP contribution >= 0.6 is 0 Å². The minimum atomic E-state index is -1.07. The van der Waals surface area contributed by atoms with Crippen LogP contribution in [0.15, 0.2) is 0 Å². The minimum Gasteiger partial charge on any atom is -0.480 e. The highest BCUT2D eigenvalue weighted by Gasteiger charge is 2.33. The van der Waals surface area contributed by atoms with Crippen LogP contribution in [0, 0.1) is 0 Å². The van der Waals surface area contributed by atoms with Gasteiger partial charge in [0.25, 0.3) is 0 Å². The number of carboxylic acids is 1. The van der Waals surface area contributed by atoms with Gasteiger partial charge in [-0.3, -0.25) is 4.79 Å². The molecule has 1 saturated heterocycles. The Morgan fingerprint density at radius 1 is 1.58 bits per heavy atom. The van der Waals surface area contributed by atoms with Gasteiger partial charge in [0.1, 0.15) is 5.54 Å². The number of nitrogens with zero attached hydrogens (tertiary/aromatic N) is 1. The second kappa shape index (κ2) is 6.68. The van der Waals surface area contributed by atoms with Gasteiger partial charge in [-0.05, 0) is 52.1 Å². The van der Waals surface area contributed by atoms with Crippen LogP contribution in [0.25, 0.3) is 0 Å². The molecule has 19 heavy (non-hydrogen) atoms. The summed E-state index contributed by atoms with van der Waals surface area (Å²) in [6, 6.07) is 0. The summed E-state index contributed by atoms with van der Waals surface area (Å²) in [4.78, 5) is 13.5. The van der Waals surface area contributed by atoms with Crippen molar-refractivity contribution in [2.75, 3.05) is 26.7 Å². The van der Waals surface area contributed by atoms with Crippen molar-refractivity contribution in [2.45, 2.75) is 57.1 Å². The first-order valence-electron chi connectivity index (χ1n) is 7.15. The number of methoxy groups -OCH3 is 1. The smallest absolute Gasteiger partial charge is 0.323 e. The Kier molecular flexibility index (Phi) is 5.77. The quantitative estimate of drug-likeness (QED) is 0.734. The number of carboxylic acid groups (broad SMARTS) is 1. The molecule has 2 unspecified atom stereocenters. The Labute approximate surface area is 116 Å². The molecular formula is C14H28N2O3. The lowest BCUT2D eigenvalue weighted by Crippen LogP contribution is -2.49. The standard InChI is InChI=1S/C14H28N2O3/c1-4-14(15,12(17)18)8-6-10-16-9-5-7-13(2,11-16)19-3/h4-11,15H2,1-3H3,(H,17,18). The van der Waals surface area contributed by atoms with Gasteiger partial charge in [0.05, 0.1) is 5.60 Å². The maximum absolute atomic E-state index is 11.1. The first-order valence-corrected chi connectivity index (χ1v) is 7.15. The van der Waals surface area contributed by atoms with E-state index in [9.17, 15) is 4.79 Å². The van der Waals surface area contributed by atoms with Crippen LogP contribution in [-0.2, 0) is 9.53 Å². The lowest BCUT2D eigenvalue weighted by Gasteiger charge is -2.39. The Balaban J connectivity index is 2.39. The summed E-state index contributed by atoms with van der Waals surface area (Å²) in [5.74, 6) is -0.893. The molecule has 1 aliphatic rings. The average molecular weight is 272 g/mol. The third-order valence-electron chi connectivity index (χ3n) is 4.38. The van der Waals surface area contributed by atoms with Gasteiger partial charge < -0.3 is 20.5 Å². The highest BCUT2D eigenvalue weighted by Crippen LogP contribution is 2.24. The van der Waals surface area contributed by atoms with Crippen LogP contribution in [-0.4, -0.2) is 53.9 Å². The molecule has 1 fully saturated rings. The van der Waals surface area contributed by atoms with Crippen molar-refractivity contribution in [1.29, 1.82) is 0 Å². The molecule has 0 bridgehead atoms. The number of ether oxygens (including phenoxy) is 1. The molecule has 0 amide bonds. The summed E-state index contributed by atoms with van der Waals surface area (Å²) >= 11 is 0. The van der Waals surface area contributed by atoms with Crippen LogP contribution < -0.4 is 5.73 Å². The van der Waals surface area contributed by atoms with E-state index in [0.29, 0.717) is 12.8 Å². The van der Waals surface area contributed by atoms with Gasteiger partial charge in [-0.1, -0.05) is 6.92 Å². The molecule has 112 valence electrons. The molecule has 0 saturated carbocycles. The summed E-state index contributed by atoms with van der Waals surface area (Å²) in [5.41, 5.74) is 4.76. The highest BCUT2D eigenvalue weighted by molar-refractivity contribution is 5.78. The molecule has 5 nitrogen and oxygen atoms in total. The summed E-state index contributed by atoms with van der Waals surface area (Å²) in [5, 5.41) is 9.13. The van der Waals surface area contributed by atoms with E-state index in [-0.39, 0.29) is 5.60 Å². The maximum Gasteiger partial charge on any atom is 0.323 e. The van der Waals surface area contributed by atoms with Gasteiger partial charge in [0.15, 0.2) is 0 Å². The van der Waals surface area contributed by atoms with E-state index >= 15 is 0 Å². The van der Waals surface area contributed by atoms with Gasteiger partial charge >= 0.3 is 5.97 Å². The van der Waals surface area contributed by atoms with Crippen LogP contribution in [0.2, 0.25) is 0 Å². The molecule has 0 aromatic rings. The highest BCUT2D eigenvalue weighted by atomic mass is 16.5. The normalized spacial score (nSPS) is 28.0. The zero-order valence-electron chi connectivity index (χ0n) is 12.4. The molecule has 0 radical (unpaired) electrons. The molecule has 1 heterocycles. The third-order valence-corrected chi connectivity index (χ3v) is 4.38. The van der Waals surface area contributed by atoms with E-state index in [0.717, 1.165) is 38.9 Å². The number of nitrogens with two attached hydrogens (primary N) is 1. The zero-order chi connectivity index (χ0) is 14.5. The summed E-state index contributed by atoms with van der Waals surface area (Å²) in [7, 11) is 1.76. The molecule has 5 heteroatoms. The molecular weight excluding hydrogens is 244 g/mol. The molecule has 3 N–H and O–H groups in total. The summed E-state index contributed by atoms with van der Waals surface area (Å²) < 4.78 is 5.56. The third kappa shape index (κ3) is 4.44. The summed E-state index contributed by atoms with van der Waals surface area (Å²) in [6.07, 6.45) is 4.03. The van der Waals surface area contributed by atoms with Crippen molar-refractivity contribution >= 4 is 5.97 Å². The van der Waals surface area contributed by atoms with E-state index in [1.54, 1.807) is 7.11 Å². The number of aliphatic carboxylic acids is 1. The fourth-order valence-corrected chi connectivity index (χ4v) is 2.72. The maximum atomic E-state index is 11.1. The van der Waals surface area contributed by atoms with Gasteiger partial charge in [0.2, 0.25) is 0 Å². The Bertz CT molecular complexity index is 311. The lowest BCUT2D eigenvalue weighted by molar-refractivity contribution is -0.143. The molecule has 0 aliphatic carbocycles. The molecule has 0 spiro atoms. The van der Waals surface area contributed by atoms with E-state index < -0.39 is 11.5 Å². The lowest BCUT2D eigenvalue weighted by atomic mass is 9.91. The van der Waals surface area contributed by atoms with Crippen molar-refractivity contribution in [3.05, 3.63) is 0 Å². The van der Waals surface area contributed by atoms with Crippen molar-refractivity contribution in [1.82, 2.24) is 4.90 Å². The van der Waals surface area contributed by atoms with Crippen molar-refractivity contribution in [3.63, 3.8) is 0 Å². The predicted molar refractivity (Wildman–Crippen MR) is 75.2 cm³/mol. The van der Waals surface area contributed by atoms with Gasteiger partial charge in [0, 0.05) is 13.7 Å². The van der Waals surface area contributed by atoms with Crippen LogP contribution in [0.1, 0.15) is 46.0 Å². The Morgan fingerprint density at radius 3 is 2.79 bits per heavy atom. The average Bonchev–Trinajstić information content (AvgIpc) is 2.38. The molecule has 1 aliphatic heterocycles. The minimum absolute atomic E-state index is 0.0599. The molecule has 2 atom stereocenters. The number of rotatable bonds is 7. The van der Waals surface area contributed by atoms with Gasteiger partial charge in [-0.25, -0.2) is 0 Å². The number of carbonyl (C=O) groups is 1. The van der Waals surface area contributed by atoms with Gasteiger partial charge in [-0.15, -0.1) is 0 Å². The second-order valence-electron chi connectivity index (χ2n) is 5.95. The zero-order valence-corrected chi connectivity index (χ0v) is 12.4. The van der Waals surface area contributed by atoms with Gasteiger partial charge in [-0.2, -0.15) is 0 Å². The number of piperidine rings is 1. The second-order valence-corrected chi connectivity index (χ2v) is 5.95. The fraction of sp³-hybridized carbons (Fsp3) is 0.929. The predicted octanol–water partition coefficient (Wildman–Crippen LogP) is 1.46. The molecule has 0 aromatic heterocycles. The largest absolute Gasteiger partial charge is 0.480 e. The molecule has 1 rings (SSSR count). The van der Waals surface area contributed by atoms with Crippen LogP contribution in [0.4, 0.5) is 0 Å². The van der Waals surface area contributed by atoms with Crippen LogP contribution in [0.5, 0.6) is 0 Å². The first-order chi connectivity index (χ1) is 8.85. The topological polar surface area (TPSA) is 75.8 Å². The number of hydrogen-bond donors (Lipinski definition) is 2. The Hall–Kier alpha value is -0.650. The van der Waals surface area contributed by atoms with Crippen molar-refractivity contribution in [2.24, 2.45) is 5.73 Å². The Morgan fingerprint density at radius 2 is 2.26 bits per heavy atom.